The first-order valence-electron chi connectivity index (χ1n) is 6.84. The number of nitrogen functional groups attached to an aromatic ring is 1. The van der Waals surface area contributed by atoms with Crippen LogP contribution in [0.15, 0.2) is 0 Å². The van der Waals surface area contributed by atoms with E-state index in [9.17, 15) is 4.21 Å². The summed E-state index contributed by atoms with van der Waals surface area (Å²) in [5.74, 6) is 3.75. The van der Waals surface area contributed by atoms with Crippen molar-refractivity contribution in [2.75, 3.05) is 22.6 Å². The summed E-state index contributed by atoms with van der Waals surface area (Å²) in [6.45, 7) is 4.04. The molecule has 0 aromatic carbocycles. The summed E-state index contributed by atoms with van der Waals surface area (Å²) in [5.41, 5.74) is 6.85. The number of hydrogen-bond acceptors (Lipinski definition) is 5. The van der Waals surface area contributed by atoms with Crippen molar-refractivity contribution in [3.05, 3.63) is 11.4 Å². The van der Waals surface area contributed by atoms with Crippen LogP contribution in [-0.4, -0.2) is 31.7 Å². The maximum absolute atomic E-state index is 11.4. The van der Waals surface area contributed by atoms with E-state index in [0.29, 0.717) is 11.9 Å². The van der Waals surface area contributed by atoms with E-state index < -0.39 is 10.8 Å². The average molecular weight is 282 g/mol. The van der Waals surface area contributed by atoms with Crippen molar-refractivity contribution < 1.29 is 4.21 Å². The van der Waals surface area contributed by atoms with E-state index in [1.54, 1.807) is 0 Å². The molecule has 0 atom stereocenters. The fourth-order valence-corrected chi connectivity index (χ4v) is 3.49. The Morgan fingerprint density at radius 3 is 2.68 bits per heavy atom. The minimum atomic E-state index is -0.634. The van der Waals surface area contributed by atoms with Crippen LogP contribution in [0.4, 0.5) is 11.6 Å². The van der Waals surface area contributed by atoms with Crippen LogP contribution >= 0.6 is 0 Å². The number of nitrogens with one attached hydrogen (secondary N) is 1. The lowest BCUT2D eigenvalue weighted by Gasteiger charge is -2.24. The van der Waals surface area contributed by atoms with E-state index in [4.69, 9.17) is 5.73 Å². The number of aromatic nitrogens is 2. The van der Waals surface area contributed by atoms with Crippen molar-refractivity contribution in [2.45, 2.75) is 45.6 Å². The Morgan fingerprint density at radius 1 is 1.37 bits per heavy atom. The summed E-state index contributed by atoms with van der Waals surface area (Å²) in [4.78, 5) is 8.86. The highest BCUT2D eigenvalue weighted by Gasteiger charge is 2.19. The minimum absolute atomic E-state index is 0.347. The van der Waals surface area contributed by atoms with E-state index in [1.807, 2.05) is 6.92 Å². The van der Waals surface area contributed by atoms with E-state index in [1.165, 1.54) is 0 Å². The molecule has 0 unspecified atom stereocenters. The van der Waals surface area contributed by atoms with Crippen LogP contribution in [-0.2, 0) is 17.2 Å². The first-order valence-corrected chi connectivity index (χ1v) is 8.33. The highest BCUT2D eigenvalue weighted by molar-refractivity contribution is 7.85. The van der Waals surface area contributed by atoms with E-state index in [-0.39, 0.29) is 0 Å². The van der Waals surface area contributed by atoms with Crippen LogP contribution in [0, 0.1) is 6.92 Å². The molecule has 5 nitrogen and oxygen atoms in total. The predicted octanol–water partition coefficient (Wildman–Crippen LogP) is 1.64. The lowest BCUT2D eigenvalue weighted by Crippen LogP contribution is -2.30. The van der Waals surface area contributed by atoms with Gasteiger partial charge in [-0.2, -0.15) is 0 Å². The molecule has 0 amide bonds. The van der Waals surface area contributed by atoms with Gasteiger partial charge < -0.3 is 11.1 Å². The van der Waals surface area contributed by atoms with Crippen molar-refractivity contribution in [1.29, 1.82) is 0 Å². The summed E-state index contributed by atoms with van der Waals surface area (Å²) in [7, 11) is -0.634. The molecule has 0 aliphatic carbocycles. The van der Waals surface area contributed by atoms with Gasteiger partial charge in [0.25, 0.3) is 0 Å². The SMILES string of the molecule is CCCc1nc(N)c(C)c(NC2CCS(=O)CC2)n1. The topological polar surface area (TPSA) is 80.9 Å². The van der Waals surface area contributed by atoms with Gasteiger partial charge in [0, 0.05) is 40.3 Å². The van der Waals surface area contributed by atoms with Gasteiger partial charge in [-0.1, -0.05) is 6.92 Å². The standard InChI is InChI=1S/C13H22N4OS/c1-3-4-11-16-12(14)9(2)13(17-11)15-10-5-7-19(18)8-6-10/h10H,3-8H2,1-2H3,(H3,14,15,16,17). The van der Waals surface area contributed by atoms with Gasteiger partial charge in [-0.3, -0.25) is 4.21 Å². The third-order valence-corrected chi connectivity index (χ3v) is 4.81. The van der Waals surface area contributed by atoms with Gasteiger partial charge in [-0.05, 0) is 26.2 Å². The van der Waals surface area contributed by atoms with Crippen LogP contribution in [0.5, 0.6) is 0 Å². The highest BCUT2D eigenvalue weighted by atomic mass is 32.2. The van der Waals surface area contributed by atoms with Gasteiger partial charge in [0.2, 0.25) is 0 Å². The van der Waals surface area contributed by atoms with Crippen LogP contribution in [0.2, 0.25) is 0 Å². The second kappa shape index (κ2) is 6.32. The summed E-state index contributed by atoms with van der Waals surface area (Å²) in [6.07, 6.45) is 3.70. The van der Waals surface area contributed by atoms with E-state index >= 15 is 0 Å². The average Bonchev–Trinajstić information content (AvgIpc) is 2.38. The van der Waals surface area contributed by atoms with E-state index in [2.05, 4.69) is 22.2 Å². The first-order chi connectivity index (χ1) is 9.10. The Morgan fingerprint density at radius 2 is 2.05 bits per heavy atom. The molecule has 2 rings (SSSR count). The van der Waals surface area contributed by atoms with Gasteiger partial charge >= 0.3 is 0 Å². The summed E-state index contributed by atoms with van der Waals surface area (Å²) in [6, 6.07) is 0.347. The third kappa shape index (κ3) is 3.65. The number of aryl methyl sites for hydroxylation is 1. The number of anilines is 2. The normalized spacial score (nSPS) is 23.3. The Labute approximate surface area is 116 Å². The zero-order valence-corrected chi connectivity index (χ0v) is 12.4. The van der Waals surface area contributed by atoms with Crippen LogP contribution in [0.1, 0.15) is 37.6 Å². The molecule has 0 spiro atoms. The fraction of sp³-hybridized carbons (Fsp3) is 0.692. The molecule has 1 aliphatic rings. The van der Waals surface area contributed by atoms with Crippen molar-refractivity contribution in [3.63, 3.8) is 0 Å². The van der Waals surface area contributed by atoms with Crippen molar-refractivity contribution in [3.8, 4) is 0 Å². The molecule has 19 heavy (non-hydrogen) atoms. The van der Waals surface area contributed by atoms with Crippen molar-refractivity contribution >= 4 is 22.4 Å². The summed E-state index contributed by atoms with van der Waals surface area (Å²) in [5, 5.41) is 3.44. The predicted molar refractivity (Wildman–Crippen MR) is 79.7 cm³/mol. The number of nitrogens with two attached hydrogens (primary N) is 1. The summed E-state index contributed by atoms with van der Waals surface area (Å²) < 4.78 is 11.4. The Bertz CT molecular complexity index is 468. The van der Waals surface area contributed by atoms with Crippen LogP contribution < -0.4 is 11.1 Å². The zero-order valence-electron chi connectivity index (χ0n) is 11.6. The van der Waals surface area contributed by atoms with Crippen LogP contribution in [0.3, 0.4) is 0 Å². The number of nitrogens with zero attached hydrogens (tertiary/aromatic N) is 2. The molecule has 1 aromatic rings. The molecule has 2 heterocycles. The molecular formula is C13H22N4OS. The molecule has 3 N–H and O–H groups in total. The van der Waals surface area contributed by atoms with Gasteiger partial charge in [-0.15, -0.1) is 0 Å². The molecule has 1 fully saturated rings. The number of hydrogen-bond donors (Lipinski definition) is 2. The molecule has 1 saturated heterocycles. The van der Waals surface area contributed by atoms with Crippen molar-refractivity contribution in [1.82, 2.24) is 9.97 Å². The zero-order chi connectivity index (χ0) is 13.8. The molecule has 6 heteroatoms. The first kappa shape index (κ1) is 14.2. The smallest absolute Gasteiger partial charge is 0.134 e. The molecule has 1 aromatic heterocycles. The Hall–Kier alpha value is -1.17. The van der Waals surface area contributed by atoms with Gasteiger partial charge in [0.15, 0.2) is 0 Å². The van der Waals surface area contributed by atoms with Crippen LogP contribution in [0.25, 0.3) is 0 Å². The second-order valence-electron chi connectivity index (χ2n) is 5.02. The quantitative estimate of drug-likeness (QED) is 0.877. The molecule has 1 aliphatic heterocycles. The lowest BCUT2D eigenvalue weighted by molar-refractivity contribution is 0.621. The Kier molecular flexibility index (Phi) is 4.74. The fourth-order valence-electron chi connectivity index (χ4n) is 2.19. The number of rotatable bonds is 4. The monoisotopic (exact) mass is 282 g/mol. The van der Waals surface area contributed by atoms with E-state index in [0.717, 1.165) is 54.4 Å². The molecular weight excluding hydrogens is 260 g/mol. The Balaban J connectivity index is 2.12. The lowest BCUT2D eigenvalue weighted by atomic mass is 10.1. The maximum Gasteiger partial charge on any atom is 0.134 e. The maximum atomic E-state index is 11.4. The third-order valence-electron chi connectivity index (χ3n) is 3.43. The molecule has 0 saturated carbocycles. The van der Waals surface area contributed by atoms with Gasteiger partial charge in [-0.25, -0.2) is 9.97 Å². The van der Waals surface area contributed by atoms with Gasteiger partial charge in [0.05, 0.1) is 0 Å². The molecule has 0 radical (unpaired) electrons. The molecule has 0 bridgehead atoms. The minimum Gasteiger partial charge on any atom is -0.383 e. The largest absolute Gasteiger partial charge is 0.383 e. The highest BCUT2D eigenvalue weighted by Crippen LogP contribution is 2.21. The van der Waals surface area contributed by atoms with Crippen molar-refractivity contribution in [2.24, 2.45) is 0 Å². The second-order valence-corrected chi connectivity index (χ2v) is 6.71. The molecule has 106 valence electrons. The summed E-state index contributed by atoms with van der Waals surface area (Å²) >= 11 is 0. The van der Waals surface area contributed by atoms with Gasteiger partial charge in [0.1, 0.15) is 17.5 Å².